The highest BCUT2D eigenvalue weighted by molar-refractivity contribution is 7.92. The molecule has 0 unspecified atom stereocenters. The lowest BCUT2D eigenvalue weighted by Gasteiger charge is -2.34. The summed E-state index contributed by atoms with van der Waals surface area (Å²) in [7, 11) is -4.20. The molecule has 0 fully saturated rings. The SMILES string of the molecule is Cc1ccc(CN(C(=O)CN(c2ccc(C)c(C)c2)S(=O)(=O)c2ccc(Cl)cc2)[C@H](Cc2ccccc2)C(=O)NC(C)C)cc1. The summed E-state index contributed by atoms with van der Waals surface area (Å²) in [6.07, 6.45) is 0.255. The summed E-state index contributed by atoms with van der Waals surface area (Å²) in [5.41, 5.74) is 4.98. The summed E-state index contributed by atoms with van der Waals surface area (Å²) in [6.45, 7) is 9.14. The van der Waals surface area contributed by atoms with Crippen LogP contribution < -0.4 is 9.62 Å². The first-order chi connectivity index (χ1) is 21.3. The van der Waals surface area contributed by atoms with Crippen molar-refractivity contribution >= 4 is 39.1 Å². The molecule has 9 heteroatoms. The fraction of sp³-hybridized carbons (Fsp3) is 0.278. The number of anilines is 1. The van der Waals surface area contributed by atoms with Crippen LogP contribution in [0.25, 0.3) is 0 Å². The average molecular weight is 646 g/mol. The minimum Gasteiger partial charge on any atom is -0.352 e. The second kappa shape index (κ2) is 14.8. The molecule has 2 amide bonds. The quantitative estimate of drug-likeness (QED) is 0.188. The highest BCUT2D eigenvalue weighted by Gasteiger charge is 2.35. The van der Waals surface area contributed by atoms with E-state index in [-0.39, 0.29) is 29.8 Å². The number of carbonyl (C=O) groups is 2. The number of nitrogens with zero attached hydrogens (tertiary/aromatic N) is 2. The molecular formula is C36H40ClN3O4S. The smallest absolute Gasteiger partial charge is 0.264 e. The van der Waals surface area contributed by atoms with E-state index >= 15 is 0 Å². The van der Waals surface area contributed by atoms with Crippen LogP contribution in [-0.4, -0.2) is 43.8 Å². The summed E-state index contributed by atoms with van der Waals surface area (Å²) < 4.78 is 29.5. The number of aryl methyl sites for hydroxylation is 3. The average Bonchev–Trinajstić information content (AvgIpc) is 3.00. The summed E-state index contributed by atoms with van der Waals surface area (Å²) >= 11 is 6.07. The Hall–Kier alpha value is -4.14. The van der Waals surface area contributed by atoms with Gasteiger partial charge in [0.15, 0.2) is 0 Å². The van der Waals surface area contributed by atoms with E-state index < -0.39 is 28.5 Å². The number of amides is 2. The first kappa shape index (κ1) is 33.7. The van der Waals surface area contributed by atoms with E-state index in [1.165, 1.54) is 29.2 Å². The van der Waals surface area contributed by atoms with Gasteiger partial charge in [0, 0.05) is 24.0 Å². The van der Waals surface area contributed by atoms with Crippen LogP contribution in [0.2, 0.25) is 5.02 Å². The fourth-order valence-electron chi connectivity index (χ4n) is 4.97. The highest BCUT2D eigenvalue weighted by atomic mass is 35.5. The number of rotatable bonds is 12. The zero-order chi connectivity index (χ0) is 32.7. The summed E-state index contributed by atoms with van der Waals surface area (Å²) in [6, 6.07) is 27.3. The van der Waals surface area contributed by atoms with Gasteiger partial charge < -0.3 is 10.2 Å². The van der Waals surface area contributed by atoms with E-state index in [1.807, 2.05) is 95.3 Å². The molecule has 0 aliphatic heterocycles. The van der Waals surface area contributed by atoms with Crippen molar-refractivity contribution in [1.29, 1.82) is 0 Å². The lowest BCUT2D eigenvalue weighted by Crippen LogP contribution is -2.54. The van der Waals surface area contributed by atoms with Crippen LogP contribution in [0.1, 0.15) is 41.7 Å². The highest BCUT2D eigenvalue weighted by Crippen LogP contribution is 2.27. The van der Waals surface area contributed by atoms with Crippen LogP contribution in [0, 0.1) is 20.8 Å². The molecule has 0 saturated carbocycles. The standard InChI is InChI=1S/C36H40ClN3O4S/c1-25(2)38-36(42)34(22-29-9-7-6-8-10-29)39(23-30-14-11-26(3)12-15-30)35(41)24-40(32-18-13-27(4)28(5)21-32)45(43,44)33-19-16-31(37)17-20-33/h6-21,25,34H,22-24H2,1-5H3,(H,38,42)/t34-/m1/s1. The second-order valence-electron chi connectivity index (χ2n) is 11.6. The number of benzene rings is 4. The lowest BCUT2D eigenvalue weighted by molar-refractivity contribution is -0.140. The maximum Gasteiger partial charge on any atom is 0.264 e. The van der Waals surface area contributed by atoms with E-state index in [0.717, 1.165) is 32.1 Å². The largest absolute Gasteiger partial charge is 0.352 e. The maximum absolute atomic E-state index is 14.5. The zero-order valence-corrected chi connectivity index (χ0v) is 27.9. The van der Waals surface area contributed by atoms with Gasteiger partial charge in [-0.3, -0.25) is 13.9 Å². The molecule has 0 aromatic heterocycles. The van der Waals surface area contributed by atoms with E-state index in [4.69, 9.17) is 11.6 Å². The second-order valence-corrected chi connectivity index (χ2v) is 13.9. The number of sulfonamides is 1. The van der Waals surface area contributed by atoms with Gasteiger partial charge in [0.25, 0.3) is 10.0 Å². The van der Waals surface area contributed by atoms with Crippen molar-refractivity contribution in [3.63, 3.8) is 0 Å². The molecule has 0 saturated heterocycles. The van der Waals surface area contributed by atoms with Gasteiger partial charge in [-0.25, -0.2) is 8.42 Å². The van der Waals surface area contributed by atoms with Gasteiger partial charge in [-0.05, 0) is 93.3 Å². The first-order valence-corrected chi connectivity index (χ1v) is 16.7. The molecule has 0 bridgehead atoms. The molecule has 1 atom stereocenters. The van der Waals surface area contributed by atoms with E-state index in [1.54, 1.807) is 12.1 Å². The van der Waals surface area contributed by atoms with Crippen molar-refractivity contribution < 1.29 is 18.0 Å². The Morgan fingerprint density at radius 1 is 0.800 bits per heavy atom. The summed E-state index contributed by atoms with van der Waals surface area (Å²) in [5, 5.41) is 3.37. The Labute approximate surface area is 271 Å². The number of hydrogen-bond donors (Lipinski definition) is 1. The Morgan fingerprint density at radius 2 is 1.44 bits per heavy atom. The Balaban J connectivity index is 1.82. The van der Waals surface area contributed by atoms with E-state index in [9.17, 15) is 18.0 Å². The van der Waals surface area contributed by atoms with Crippen molar-refractivity contribution in [2.24, 2.45) is 0 Å². The van der Waals surface area contributed by atoms with Crippen LogP contribution in [0.5, 0.6) is 0 Å². The Kier molecular flexibility index (Phi) is 11.1. The van der Waals surface area contributed by atoms with Gasteiger partial charge in [-0.15, -0.1) is 0 Å². The van der Waals surface area contributed by atoms with Crippen LogP contribution >= 0.6 is 11.6 Å². The third kappa shape index (κ3) is 8.74. The van der Waals surface area contributed by atoms with Gasteiger partial charge in [0.05, 0.1) is 10.6 Å². The minimum atomic E-state index is -4.20. The van der Waals surface area contributed by atoms with Gasteiger partial charge in [0.2, 0.25) is 11.8 Å². The molecule has 4 aromatic rings. The molecule has 236 valence electrons. The van der Waals surface area contributed by atoms with Gasteiger partial charge in [0.1, 0.15) is 12.6 Å². The third-order valence-corrected chi connectivity index (χ3v) is 9.67. The predicted molar refractivity (Wildman–Crippen MR) is 181 cm³/mol. The zero-order valence-electron chi connectivity index (χ0n) is 26.3. The fourth-order valence-corrected chi connectivity index (χ4v) is 6.50. The maximum atomic E-state index is 14.5. The molecule has 0 radical (unpaired) electrons. The van der Waals surface area contributed by atoms with Crippen molar-refractivity contribution in [2.45, 2.75) is 64.6 Å². The molecule has 0 aliphatic carbocycles. The molecule has 0 heterocycles. The molecule has 0 aliphatic rings. The third-order valence-electron chi connectivity index (χ3n) is 7.63. The molecule has 1 N–H and O–H groups in total. The predicted octanol–water partition coefficient (Wildman–Crippen LogP) is 6.63. The number of nitrogens with one attached hydrogen (secondary N) is 1. The first-order valence-electron chi connectivity index (χ1n) is 14.9. The summed E-state index contributed by atoms with van der Waals surface area (Å²) in [4.78, 5) is 29.8. The molecule has 7 nitrogen and oxygen atoms in total. The van der Waals surface area contributed by atoms with E-state index in [0.29, 0.717) is 10.7 Å². The molecule has 45 heavy (non-hydrogen) atoms. The normalized spacial score (nSPS) is 12.1. The monoisotopic (exact) mass is 645 g/mol. The van der Waals surface area contributed by atoms with Crippen LogP contribution in [0.4, 0.5) is 5.69 Å². The minimum absolute atomic E-state index is 0.00130. The number of halogens is 1. The molecule has 4 rings (SSSR count). The van der Waals surface area contributed by atoms with Gasteiger partial charge in [-0.1, -0.05) is 77.8 Å². The van der Waals surface area contributed by atoms with Crippen LogP contribution in [-0.2, 0) is 32.6 Å². The van der Waals surface area contributed by atoms with Crippen LogP contribution in [0.15, 0.2) is 102 Å². The number of carbonyl (C=O) groups excluding carboxylic acids is 2. The number of hydrogen-bond acceptors (Lipinski definition) is 4. The lowest BCUT2D eigenvalue weighted by atomic mass is 10.0. The van der Waals surface area contributed by atoms with Gasteiger partial charge in [-0.2, -0.15) is 0 Å². The molecular weight excluding hydrogens is 606 g/mol. The summed E-state index contributed by atoms with van der Waals surface area (Å²) in [5.74, 6) is -0.821. The van der Waals surface area contributed by atoms with Crippen molar-refractivity contribution in [3.8, 4) is 0 Å². The Bertz CT molecular complexity index is 1720. The van der Waals surface area contributed by atoms with Crippen molar-refractivity contribution in [3.05, 3.63) is 130 Å². The van der Waals surface area contributed by atoms with Crippen LogP contribution in [0.3, 0.4) is 0 Å². The van der Waals surface area contributed by atoms with Gasteiger partial charge >= 0.3 is 0 Å². The molecule has 0 spiro atoms. The molecule has 4 aromatic carbocycles. The van der Waals surface area contributed by atoms with E-state index in [2.05, 4.69) is 5.32 Å². The topological polar surface area (TPSA) is 86.8 Å². The van der Waals surface area contributed by atoms with Crippen molar-refractivity contribution in [2.75, 3.05) is 10.8 Å². The van der Waals surface area contributed by atoms with Crippen molar-refractivity contribution in [1.82, 2.24) is 10.2 Å². The Morgan fingerprint density at radius 3 is 2.04 bits per heavy atom.